The fraction of sp³-hybridized carbons (Fsp3) is 1.00. The lowest BCUT2D eigenvalue weighted by Gasteiger charge is -2.39. The summed E-state index contributed by atoms with van der Waals surface area (Å²) < 4.78 is 32.8. The summed E-state index contributed by atoms with van der Waals surface area (Å²) in [6, 6.07) is 0. The van der Waals surface area contributed by atoms with Crippen LogP contribution in [0.5, 0.6) is 0 Å². The van der Waals surface area contributed by atoms with Gasteiger partial charge in [0.05, 0.1) is 36.3 Å². The Morgan fingerprint density at radius 1 is 0.545 bits per heavy atom. The van der Waals surface area contributed by atoms with Crippen molar-refractivity contribution in [2.45, 2.75) is 125 Å². The zero-order valence-electron chi connectivity index (χ0n) is 23.4. The van der Waals surface area contributed by atoms with E-state index in [9.17, 15) is 13.0 Å². The highest BCUT2D eigenvalue weighted by molar-refractivity contribution is 7.85. The van der Waals surface area contributed by atoms with Crippen LogP contribution in [0, 0.1) is 0 Å². The average molecular weight is 493 g/mol. The van der Waals surface area contributed by atoms with E-state index >= 15 is 0 Å². The van der Waals surface area contributed by atoms with Crippen molar-refractivity contribution in [1.82, 2.24) is 4.90 Å². The van der Waals surface area contributed by atoms with Crippen LogP contribution in [0.15, 0.2) is 0 Å². The Balaban J connectivity index is 0. The van der Waals surface area contributed by atoms with Crippen LogP contribution in [0.3, 0.4) is 0 Å². The molecule has 0 saturated carbocycles. The fourth-order valence-corrected chi connectivity index (χ4v) is 4.69. The van der Waals surface area contributed by atoms with E-state index in [1.807, 2.05) is 0 Å². The first-order valence-electron chi connectivity index (χ1n) is 14.2. The number of hydrogen-bond donors (Lipinski definition) is 0. The lowest BCUT2D eigenvalue weighted by Crippen LogP contribution is -2.50. The van der Waals surface area contributed by atoms with Crippen LogP contribution in [-0.4, -0.2) is 73.9 Å². The Labute approximate surface area is 209 Å². The molecule has 33 heavy (non-hydrogen) atoms. The molecular formula is C27H60N2O3S. The summed E-state index contributed by atoms with van der Waals surface area (Å²) in [5.41, 5.74) is 0. The maximum absolute atomic E-state index is 10.5. The van der Waals surface area contributed by atoms with Crippen molar-refractivity contribution < 1.29 is 17.5 Å². The molecular weight excluding hydrogens is 432 g/mol. The van der Waals surface area contributed by atoms with Gasteiger partial charge in [-0.1, -0.05) is 80.1 Å². The molecule has 0 spiro atoms. The molecule has 0 heterocycles. The first-order valence-corrected chi connectivity index (χ1v) is 15.8. The molecule has 0 amide bonds. The van der Waals surface area contributed by atoms with Gasteiger partial charge < -0.3 is 13.9 Å². The third kappa shape index (κ3) is 23.3. The van der Waals surface area contributed by atoms with Crippen molar-refractivity contribution in [3.8, 4) is 0 Å². The second-order valence-electron chi connectivity index (χ2n) is 9.81. The van der Waals surface area contributed by atoms with Crippen molar-refractivity contribution >= 4 is 10.1 Å². The molecule has 0 aromatic heterocycles. The van der Waals surface area contributed by atoms with Crippen LogP contribution in [0.25, 0.3) is 0 Å². The summed E-state index contributed by atoms with van der Waals surface area (Å²) in [6.07, 6.45) is 16.1. The number of nitrogens with zero attached hydrogens (tertiary/aromatic N) is 2. The molecule has 0 saturated heterocycles. The summed E-state index contributed by atoms with van der Waals surface area (Å²) in [6.45, 7) is 22.0. The van der Waals surface area contributed by atoms with Crippen LogP contribution >= 0.6 is 0 Å². The van der Waals surface area contributed by atoms with Crippen molar-refractivity contribution in [2.75, 3.05) is 51.6 Å². The van der Waals surface area contributed by atoms with Crippen LogP contribution in [-0.2, 0) is 10.1 Å². The van der Waals surface area contributed by atoms with Crippen molar-refractivity contribution in [1.29, 1.82) is 0 Å². The van der Waals surface area contributed by atoms with Gasteiger partial charge in [0.2, 0.25) is 0 Å². The van der Waals surface area contributed by atoms with E-state index in [2.05, 4.69) is 46.4 Å². The molecule has 0 aliphatic carbocycles. The molecule has 0 aromatic rings. The molecule has 0 fully saturated rings. The van der Waals surface area contributed by atoms with Gasteiger partial charge >= 0.3 is 0 Å². The minimum atomic E-state index is -4.04. The summed E-state index contributed by atoms with van der Waals surface area (Å²) >= 11 is 0. The predicted molar refractivity (Wildman–Crippen MR) is 145 cm³/mol. The molecule has 202 valence electrons. The van der Waals surface area contributed by atoms with E-state index in [0.29, 0.717) is 6.42 Å². The van der Waals surface area contributed by atoms with Gasteiger partial charge in [-0.05, 0) is 64.6 Å². The molecule has 0 aliphatic rings. The van der Waals surface area contributed by atoms with Gasteiger partial charge in [-0.15, -0.1) is 0 Å². The predicted octanol–water partition coefficient (Wildman–Crippen LogP) is 6.83. The molecule has 0 N–H and O–H groups in total. The highest BCUT2D eigenvalue weighted by Gasteiger charge is 2.24. The Hall–Kier alpha value is -0.170. The smallest absolute Gasteiger partial charge is 0.0946 e. The summed E-state index contributed by atoms with van der Waals surface area (Å²) in [4.78, 5) is 2.26. The molecule has 6 heteroatoms. The highest BCUT2D eigenvalue weighted by atomic mass is 32.2. The highest BCUT2D eigenvalue weighted by Crippen LogP contribution is 2.16. The van der Waals surface area contributed by atoms with E-state index in [-0.39, 0.29) is 5.75 Å². The van der Waals surface area contributed by atoms with Gasteiger partial charge in [0.25, 0.3) is 0 Å². The molecule has 0 aromatic carbocycles. The van der Waals surface area contributed by atoms with Gasteiger partial charge in [0, 0.05) is 5.75 Å². The molecule has 0 aliphatic heterocycles. The Kier molecular flexibility index (Phi) is 25.0. The molecule has 0 rings (SSSR count). The lowest BCUT2D eigenvalue weighted by molar-refractivity contribution is -0.929. The van der Waals surface area contributed by atoms with Crippen LogP contribution in [0.4, 0.5) is 0 Å². The van der Waals surface area contributed by atoms with E-state index in [4.69, 9.17) is 0 Å². The van der Waals surface area contributed by atoms with E-state index in [1.54, 1.807) is 0 Å². The largest absolute Gasteiger partial charge is 0.748 e. The standard InChI is InChI=1S/C16H36N.C11H25NO3S/c1-5-9-13-17(14-10-6-2,15-11-7-3)16-12-8-4;1-3-5-8-12(9-6-4-2)10-7-11-16(13,14)15/h5-16H2,1-4H3;3-11H2,1-2H3,(H,13,14,15)/q+1;/p-1. The molecule has 0 unspecified atom stereocenters. The van der Waals surface area contributed by atoms with Gasteiger partial charge in [-0.25, -0.2) is 8.42 Å². The van der Waals surface area contributed by atoms with Gasteiger partial charge in [-0.2, -0.15) is 0 Å². The monoisotopic (exact) mass is 492 g/mol. The third-order valence-corrected chi connectivity index (χ3v) is 7.26. The van der Waals surface area contributed by atoms with Crippen molar-refractivity contribution in [3.63, 3.8) is 0 Å². The number of quaternary nitrogens is 1. The SMILES string of the molecule is CCCCN(CCCC)CCCS(=O)(=O)[O-].CCCC[N+](CCCC)(CCCC)CCCC. The fourth-order valence-electron chi connectivity index (χ4n) is 4.21. The van der Waals surface area contributed by atoms with Crippen LogP contribution in [0.2, 0.25) is 0 Å². The van der Waals surface area contributed by atoms with Gasteiger partial charge in [0.15, 0.2) is 0 Å². The maximum Gasteiger partial charge on any atom is 0.0946 e. The summed E-state index contributed by atoms with van der Waals surface area (Å²) in [7, 11) is -4.04. The van der Waals surface area contributed by atoms with Crippen molar-refractivity contribution in [2.24, 2.45) is 0 Å². The quantitative estimate of drug-likeness (QED) is 0.123. The summed E-state index contributed by atoms with van der Waals surface area (Å²) in [5.74, 6) is -0.234. The number of unbranched alkanes of at least 4 members (excludes halogenated alkanes) is 6. The first kappa shape index (κ1) is 35.0. The zero-order valence-corrected chi connectivity index (χ0v) is 24.2. The lowest BCUT2D eigenvalue weighted by atomic mass is 10.1. The maximum atomic E-state index is 10.5. The average Bonchev–Trinajstić information content (AvgIpc) is 2.79. The Morgan fingerprint density at radius 2 is 0.848 bits per heavy atom. The van der Waals surface area contributed by atoms with Crippen LogP contribution in [0.1, 0.15) is 125 Å². The molecule has 0 radical (unpaired) electrons. The number of hydrogen-bond acceptors (Lipinski definition) is 4. The van der Waals surface area contributed by atoms with E-state index < -0.39 is 10.1 Å². The van der Waals surface area contributed by atoms with E-state index in [1.165, 1.54) is 82.0 Å². The molecule has 0 atom stereocenters. The first-order chi connectivity index (χ1) is 15.7. The Bertz CT molecular complexity index is 452. The minimum absolute atomic E-state index is 0.234. The third-order valence-electron chi connectivity index (χ3n) is 6.47. The second-order valence-corrected chi connectivity index (χ2v) is 11.3. The van der Waals surface area contributed by atoms with E-state index in [0.717, 1.165) is 45.3 Å². The van der Waals surface area contributed by atoms with Crippen molar-refractivity contribution in [3.05, 3.63) is 0 Å². The summed E-state index contributed by atoms with van der Waals surface area (Å²) in [5, 5.41) is 0. The molecule has 0 bridgehead atoms. The van der Waals surface area contributed by atoms with Gasteiger partial charge in [-0.3, -0.25) is 0 Å². The second kappa shape index (κ2) is 23.6. The topological polar surface area (TPSA) is 60.4 Å². The number of rotatable bonds is 22. The van der Waals surface area contributed by atoms with Gasteiger partial charge in [0.1, 0.15) is 0 Å². The normalized spacial score (nSPS) is 12.1. The molecule has 5 nitrogen and oxygen atoms in total. The van der Waals surface area contributed by atoms with Crippen LogP contribution < -0.4 is 0 Å². The Morgan fingerprint density at radius 3 is 1.12 bits per heavy atom. The zero-order chi connectivity index (χ0) is 25.4. The minimum Gasteiger partial charge on any atom is -0.748 e.